The van der Waals surface area contributed by atoms with Crippen LogP contribution in [0.4, 0.5) is 0 Å². The van der Waals surface area contributed by atoms with Gasteiger partial charge in [-0.1, -0.05) is 23.7 Å². The number of benzene rings is 1. The molecule has 4 heteroatoms. The van der Waals surface area contributed by atoms with Gasteiger partial charge in [-0.25, -0.2) is 0 Å². The highest BCUT2D eigenvalue weighted by Crippen LogP contribution is 2.23. The summed E-state index contributed by atoms with van der Waals surface area (Å²) < 4.78 is 1.79. The summed E-state index contributed by atoms with van der Waals surface area (Å²) in [5.41, 5.74) is 2.28. The third kappa shape index (κ3) is 3.34. The molecule has 18 heavy (non-hydrogen) atoms. The summed E-state index contributed by atoms with van der Waals surface area (Å²) in [5.74, 6) is 0.129. The molecule has 0 saturated carbocycles. The number of nitrogens with zero attached hydrogens (tertiary/aromatic N) is 2. The number of hydrogen-bond acceptors (Lipinski definition) is 2. The summed E-state index contributed by atoms with van der Waals surface area (Å²) >= 11 is 5.97. The molecule has 1 aromatic heterocycles. The first kappa shape index (κ1) is 13.1. The minimum Gasteiger partial charge on any atom is -0.396 e. The van der Waals surface area contributed by atoms with Gasteiger partial charge in [0.05, 0.1) is 6.20 Å². The molecule has 0 aliphatic carbocycles. The molecule has 0 aliphatic rings. The van der Waals surface area contributed by atoms with Gasteiger partial charge in [0.2, 0.25) is 0 Å². The fourth-order valence-electron chi connectivity index (χ4n) is 2.07. The van der Waals surface area contributed by atoms with Gasteiger partial charge in [0.1, 0.15) is 0 Å². The smallest absolute Gasteiger partial charge is 0.0521 e. The molecule has 96 valence electrons. The monoisotopic (exact) mass is 264 g/mol. The maximum absolute atomic E-state index is 9.49. The Hall–Kier alpha value is -1.32. The standard InChI is InChI=1S/C14H17ClN2O/c1-17-9-11(8-16-17)5-6-13(10-18)12-3-2-4-14(15)7-12/h2-4,7-9,13,18H,5-6,10H2,1H3. The molecule has 0 amide bonds. The lowest BCUT2D eigenvalue weighted by molar-refractivity contribution is 0.259. The number of aryl methyl sites for hydroxylation is 2. The van der Waals surface area contributed by atoms with Crippen LogP contribution in [0, 0.1) is 0 Å². The largest absolute Gasteiger partial charge is 0.396 e. The Morgan fingerprint density at radius 1 is 1.44 bits per heavy atom. The number of halogens is 1. The molecule has 1 unspecified atom stereocenters. The molecule has 0 saturated heterocycles. The molecule has 1 heterocycles. The van der Waals surface area contributed by atoms with E-state index in [9.17, 15) is 5.11 Å². The van der Waals surface area contributed by atoms with Crippen LogP contribution in [0.2, 0.25) is 5.02 Å². The molecular formula is C14H17ClN2O. The van der Waals surface area contributed by atoms with Gasteiger partial charge in [0.15, 0.2) is 0 Å². The van der Waals surface area contributed by atoms with Gasteiger partial charge >= 0.3 is 0 Å². The first-order chi connectivity index (χ1) is 8.69. The van der Waals surface area contributed by atoms with Crippen LogP contribution in [-0.2, 0) is 13.5 Å². The molecule has 2 rings (SSSR count). The number of aliphatic hydroxyl groups is 1. The third-order valence-electron chi connectivity index (χ3n) is 3.08. The lowest BCUT2D eigenvalue weighted by Crippen LogP contribution is -2.05. The second-order valence-corrected chi connectivity index (χ2v) is 4.93. The molecule has 1 aromatic carbocycles. The van der Waals surface area contributed by atoms with Crippen molar-refractivity contribution in [3.63, 3.8) is 0 Å². The van der Waals surface area contributed by atoms with E-state index in [-0.39, 0.29) is 12.5 Å². The molecule has 1 N–H and O–H groups in total. The van der Waals surface area contributed by atoms with Gasteiger partial charge in [0.25, 0.3) is 0 Å². The van der Waals surface area contributed by atoms with Gasteiger partial charge in [-0.3, -0.25) is 4.68 Å². The second-order valence-electron chi connectivity index (χ2n) is 4.50. The maximum Gasteiger partial charge on any atom is 0.0521 e. The molecule has 0 spiro atoms. The van der Waals surface area contributed by atoms with Crippen molar-refractivity contribution in [2.45, 2.75) is 18.8 Å². The molecule has 1 atom stereocenters. The van der Waals surface area contributed by atoms with Crippen LogP contribution in [-0.4, -0.2) is 21.5 Å². The maximum atomic E-state index is 9.49. The first-order valence-corrected chi connectivity index (χ1v) is 6.40. The van der Waals surface area contributed by atoms with Gasteiger partial charge in [-0.05, 0) is 36.1 Å². The minimum atomic E-state index is 0.129. The highest BCUT2D eigenvalue weighted by molar-refractivity contribution is 6.30. The van der Waals surface area contributed by atoms with Crippen molar-refractivity contribution in [1.82, 2.24) is 9.78 Å². The van der Waals surface area contributed by atoms with Crippen molar-refractivity contribution in [2.75, 3.05) is 6.61 Å². The van der Waals surface area contributed by atoms with Gasteiger partial charge < -0.3 is 5.11 Å². The van der Waals surface area contributed by atoms with E-state index < -0.39 is 0 Å². The molecule has 0 aliphatic heterocycles. The summed E-state index contributed by atoms with van der Waals surface area (Å²) in [6.45, 7) is 0.139. The topological polar surface area (TPSA) is 38.0 Å². The van der Waals surface area contributed by atoms with E-state index in [1.54, 1.807) is 4.68 Å². The van der Waals surface area contributed by atoms with E-state index in [1.165, 1.54) is 5.56 Å². The van der Waals surface area contributed by atoms with Crippen molar-refractivity contribution in [3.8, 4) is 0 Å². The van der Waals surface area contributed by atoms with Crippen LogP contribution >= 0.6 is 11.6 Å². The average Bonchev–Trinajstić information content (AvgIpc) is 2.76. The van der Waals surface area contributed by atoms with Crippen molar-refractivity contribution in [3.05, 3.63) is 52.8 Å². The summed E-state index contributed by atoms with van der Waals surface area (Å²) in [5, 5.41) is 14.3. The number of hydrogen-bond donors (Lipinski definition) is 1. The lowest BCUT2D eigenvalue weighted by Gasteiger charge is -2.14. The second kappa shape index (κ2) is 6.03. The first-order valence-electron chi connectivity index (χ1n) is 6.03. The molecule has 0 radical (unpaired) electrons. The van der Waals surface area contributed by atoms with E-state index in [4.69, 9.17) is 11.6 Å². The van der Waals surface area contributed by atoms with Gasteiger partial charge in [0, 0.05) is 30.8 Å². The van der Waals surface area contributed by atoms with E-state index in [0.717, 1.165) is 18.4 Å². The fraction of sp³-hybridized carbons (Fsp3) is 0.357. The zero-order valence-electron chi connectivity index (χ0n) is 10.4. The van der Waals surface area contributed by atoms with Crippen LogP contribution in [0.25, 0.3) is 0 Å². The highest BCUT2D eigenvalue weighted by Gasteiger charge is 2.11. The predicted octanol–water partition coefficient (Wildman–Crippen LogP) is 2.78. The van der Waals surface area contributed by atoms with Crippen LogP contribution in [0.5, 0.6) is 0 Å². The third-order valence-corrected chi connectivity index (χ3v) is 3.32. The number of rotatable bonds is 5. The Morgan fingerprint density at radius 2 is 2.28 bits per heavy atom. The fourth-order valence-corrected chi connectivity index (χ4v) is 2.26. The summed E-state index contributed by atoms with van der Waals surface area (Å²) in [6.07, 6.45) is 5.67. The Kier molecular flexibility index (Phi) is 4.39. The van der Waals surface area contributed by atoms with Gasteiger partial charge in [-0.15, -0.1) is 0 Å². The SMILES string of the molecule is Cn1cc(CCC(CO)c2cccc(Cl)c2)cn1. The predicted molar refractivity (Wildman–Crippen MR) is 72.8 cm³/mol. The van der Waals surface area contributed by atoms with Crippen LogP contribution in [0.15, 0.2) is 36.7 Å². The van der Waals surface area contributed by atoms with E-state index in [0.29, 0.717) is 5.02 Å². The number of aromatic nitrogens is 2. The Balaban J connectivity index is 2.01. The van der Waals surface area contributed by atoms with Crippen molar-refractivity contribution in [1.29, 1.82) is 0 Å². The quantitative estimate of drug-likeness (QED) is 0.902. The van der Waals surface area contributed by atoms with Gasteiger partial charge in [-0.2, -0.15) is 5.10 Å². The average molecular weight is 265 g/mol. The van der Waals surface area contributed by atoms with Crippen LogP contribution < -0.4 is 0 Å². The van der Waals surface area contributed by atoms with Crippen molar-refractivity contribution < 1.29 is 5.11 Å². The zero-order chi connectivity index (χ0) is 13.0. The van der Waals surface area contributed by atoms with Crippen LogP contribution in [0.3, 0.4) is 0 Å². The normalized spacial score (nSPS) is 12.6. The molecule has 0 fully saturated rings. The molecule has 2 aromatic rings. The number of aliphatic hydroxyl groups excluding tert-OH is 1. The molecule has 0 bridgehead atoms. The minimum absolute atomic E-state index is 0.129. The Morgan fingerprint density at radius 3 is 2.89 bits per heavy atom. The van der Waals surface area contributed by atoms with Crippen molar-refractivity contribution >= 4 is 11.6 Å². The molecular weight excluding hydrogens is 248 g/mol. The van der Waals surface area contributed by atoms with Crippen molar-refractivity contribution in [2.24, 2.45) is 7.05 Å². The highest BCUT2D eigenvalue weighted by atomic mass is 35.5. The lowest BCUT2D eigenvalue weighted by atomic mass is 9.94. The Labute approximate surface area is 112 Å². The van der Waals surface area contributed by atoms with E-state index >= 15 is 0 Å². The summed E-state index contributed by atoms with van der Waals surface area (Å²) in [6, 6.07) is 7.70. The Bertz CT molecular complexity index is 510. The van der Waals surface area contributed by atoms with E-state index in [2.05, 4.69) is 5.10 Å². The molecule has 3 nitrogen and oxygen atoms in total. The summed E-state index contributed by atoms with van der Waals surface area (Å²) in [4.78, 5) is 0. The van der Waals surface area contributed by atoms with E-state index in [1.807, 2.05) is 43.7 Å². The van der Waals surface area contributed by atoms with Crippen LogP contribution in [0.1, 0.15) is 23.5 Å². The summed E-state index contributed by atoms with van der Waals surface area (Å²) in [7, 11) is 1.91. The zero-order valence-corrected chi connectivity index (χ0v) is 11.1.